The zero-order chi connectivity index (χ0) is 14.2. The molecule has 124 valence electrons. The van der Waals surface area contributed by atoms with Crippen LogP contribution in [0.3, 0.4) is 0 Å². The molecule has 0 saturated heterocycles. The minimum atomic E-state index is -1.34. The van der Waals surface area contributed by atoms with Crippen molar-refractivity contribution in [2.75, 3.05) is 0 Å². The van der Waals surface area contributed by atoms with Crippen LogP contribution in [0.25, 0.3) is 0 Å². The van der Waals surface area contributed by atoms with Crippen molar-refractivity contribution in [3.05, 3.63) is 51.4 Å². The molecular formula is C18H23Cl3SiTi. The smallest absolute Gasteiger partial charge is 1.00 e. The molecule has 0 radical (unpaired) electrons. The Kier molecular flexibility index (Phi) is 10.1. The fourth-order valence-corrected chi connectivity index (χ4v) is 7.58. The van der Waals surface area contributed by atoms with Gasteiger partial charge in [-0.05, 0) is 0 Å². The predicted octanol–water partition coefficient (Wildman–Crippen LogP) is -4.45. The van der Waals surface area contributed by atoms with Crippen molar-refractivity contribution in [3.8, 4) is 0 Å². The van der Waals surface area contributed by atoms with Gasteiger partial charge in [-0.25, -0.2) is 0 Å². The van der Waals surface area contributed by atoms with Crippen LogP contribution in [0.1, 0.15) is 25.7 Å². The molecule has 0 heterocycles. The summed E-state index contributed by atoms with van der Waals surface area (Å²) in [5, 5.41) is 1.61. The summed E-state index contributed by atoms with van der Waals surface area (Å²) in [5.41, 5.74) is 3.49. The molecule has 0 aliphatic heterocycles. The van der Waals surface area contributed by atoms with E-state index in [0.29, 0.717) is 0 Å². The molecule has 5 heteroatoms. The first kappa shape index (κ1) is 23.5. The number of hydrogen-bond acceptors (Lipinski definition) is 0. The van der Waals surface area contributed by atoms with Gasteiger partial charge in [0.25, 0.3) is 0 Å². The molecule has 2 aliphatic rings. The Morgan fingerprint density at radius 1 is 1.00 bits per heavy atom. The Hall–Kier alpha value is 0.501. The SMILES string of the molecule is C[Si](C)(CC1[C]([Ti+3])=CC2=C1CCCC2)c1ccccc1.[Cl-].[Cl-].[Cl-]. The maximum atomic E-state index is 2.54. The van der Waals surface area contributed by atoms with E-state index in [2.05, 4.69) is 69.9 Å². The maximum Gasteiger partial charge on any atom is -1.00 e. The zero-order valence-electron chi connectivity index (χ0n) is 13.7. The predicted molar refractivity (Wildman–Crippen MR) is 85.4 cm³/mol. The van der Waals surface area contributed by atoms with Crippen LogP contribution < -0.4 is 42.4 Å². The van der Waals surface area contributed by atoms with Crippen molar-refractivity contribution in [1.29, 1.82) is 0 Å². The third-order valence-electron chi connectivity index (χ3n) is 4.95. The molecule has 0 bridgehead atoms. The van der Waals surface area contributed by atoms with Gasteiger partial charge in [0.2, 0.25) is 0 Å². The first-order valence-electron chi connectivity index (χ1n) is 7.78. The average Bonchev–Trinajstić information content (AvgIpc) is 2.76. The standard InChI is InChI=1S/C18H23Si.3ClH.Ti/c1-19(2,17-9-4-3-5-10-17)14-16-13-12-15-8-6-7-11-18(15)16;;;;/h3-5,9-10,12,16H,6-8,11,14H2,1-2H3;3*1H;/q;;;;+3/p-3. The van der Waals surface area contributed by atoms with E-state index in [4.69, 9.17) is 0 Å². The van der Waals surface area contributed by atoms with Gasteiger partial charge in [0.15, 0.2) is 0 Å². The van der Waals surface area contributed by atoms with Gasteiger partial charge in [0.05, 0.1) is 0 Å². The fourth-order valence-electron chi connectivity index (χ4n) is 3.74. The molecule has 3 rings (SSSR count). The Bertz CT molecular complexity index is 567. The van der Waals surface area contributed by atoms with Crippen LogP contribution in [0, 0.1) is 5.92 Å². The Morgan fingerprint density at radius 3 is 2.26 bits per heavy atom. The second-order valence-electron chi connectivity index (χ2n) is 6.86. The maximum absolute atomic E-state index is 2.54. The van der Waals surface area contributed by atoms with Crippen molar-refractivity contribution < 1.29 is 57.7 Å². The van der Waals surface area contributed by atoms with E-state index in [1.165, 1.54) is 31.7 Å². The summed E-state index contributed by atoms with van der Waals surface area (Å²) in [5.74, 6) is 0.757. The van der Waals surface area contributed by atoms with Crippen LogP contribution in [0.5, 0.6) is 0 Å². The van der Waals surface area contributed by atoms with Crippen molar-refractivity contribution in [1.82, 2.24) is 0 Å². The molecule has 0 amide bonds. The minimum absolute atomic E-state index is 0. The molecule has 0 fully saturated rings. The van der Waals surface area contributed by atoms with Crippen molar-refractivity contribution >= 4 is 13.3 Å². The topological polar surface area (TPSA) is 0 Å². The monoisotopic (exact) mass is 420 g/mol. The Morgan fingerprint density at radius 2 is 1.61 bits per heavy atom. The van der Waals surface area contributed by atoms with E-state index in [-0.39, 0.29) is 37.2 Å². The first-order valence-corrected chi connectivity index (χ1v) is 11.8. The first-order chi connectivity index (χ1) is 9.58. The van der Waals surface area contributed by atoms with E-state index < -0.39 is 8.07 Å². The Labute approximate surface area is 172 Å². The number of halogens is 3. The average molecular weight is 422 g/mol. The third-order valence-corrected chi connectivity index (χ3v) is 9.04. The summed E-state index contributed by atoms with van der Waals surface area (Å²) in [7, 11) is -1.34. The summed E-state index contributed by atoms with van der Waals surface area (Å²) in [6, 6.07) is 12.6. The fraction of sp³-hybridized carbons (Fsp3) is 0.444. The molecule has 0 spiro atoms. The summed E-state index contributed by atoms with van der Waals surface area (Å²) in [6.07, 6.45) is 8.00. The summed E-state index contributed by atoms with van der Waals surface area (Å²) < 4.78 is 1.63. The van der Waals surface area contributed by atoms with Crippen molar-refractivity contribution in [2.24, 2.45) is 5.92 Å². The largest absolute Gasteiger partial charge is 1.00 e. The molecule has 23 heavy (non-hydrogen) atoms. The van der Waals surface area contributed by atoms with Gasteiger partial charge in [-0.1, -0.05) is 0 Å². The summed E-state index contributed by atoms with van der Waals surface area (Å²) in [6.45, 7) is 5.08. The molecule has 1 atom stereocenters. The van der Waals surface area contributed by atoms with Gasteiger partial charge in [0.1, 0.15) is 0 Å². The molecule has 1 aromatic rings. The van der Waals surface area contributed by atoms with E-state index >= 15 is 0 Å². The van der Waals surface area contributed by atoms with Gasteiger partial charge in [-0.2, -0.15) is 0 Å². The second-order valence-corrected chi connectivity index (χ2v) is 12.5. The second kappa shape index (κ2) is 9.85. The molecule has 0 nitrogen and oxygen atoms in total. The number of allylic oxidation sites excluding steroid dienone is 4. The molecule has 1 unspecified atom stereocenters. The van der Waals surface area contributed by atoms with E-state index in [9.17, 15) is 0 Å². The normalized spacial score (nSPS) is 19.8. The van der Waals surface area contributed by atoms with Crippen LogP contribution in [-0.4, -0.2) is 8.07 Å². The molecule has 0 N–H and O–H groups in total. The van der Waals surface area contributed by atoms with E-state index in [0.717, 1.165) is 5.92 Å². The van der Waals surface area contributed by atoms with Crippen LogP contribution in [0.2, 0.25) is 19.1 Å². The zero-order valence-corrected chi connectivity index (χ0v) is 18.5. The molecule has 2 aliphatic carbocycles. The summed E-state index contributed by atoms with van der Waals surface area (Å²) >= 11 is 2.36. The van der Waals surface area contributed by atoms with Gasteiger partial charge in [0, 0.05) is 0 Å². The van der Waals surface area contributed by atoms with Gasteiger partial charge < -0.3 is 37.2 Å². The molecule has 0 aromatic heterocycles. The Balaban J connectivity index is 0.00000161. The van der Waals surface area contributed by atoms with E-state index in [1.54, 1.807) is 20.2 Å². The quantitative estimate of drug-likeness (QED) is 0.432. The van der Waals surface area contributed by atoms with Crippen molar-refractivity contribution in [3.63, 3.8) is 0 Å². The molecular weight excluding hydrogens is 399 g/mol. The van der Waals surface area contributed by atoms with Crippen LogP contribution in [0.4, 0.5) is 0 Å². The van der Waals surface area contributed by atoms with Gasteiger partial charge in [-0.15, -0.1) is 0 Å². The minimum Gasteiger partial charge on any atom is -1.00 e. The van der Waals surface area contributed by atoms with Crippen LogP contribution >= 0.6 is 0 Å². The third kappa shape index (κ3) is 5.24. The van der Waals surface area contributed by atoms with Gasteiger partial charge in [-0.3, -0.25) is 0 Å². The van der Waals surface area contributed by atoms with Crippen LogP contribution in [0.15, 0.2) is 51.4 Å². The van der Waals surface area contributed by atoms with E-state index in [1.807, 2.05) is 0 Å². The number of hydrogen-bond donors (Lipinski definition) is 0. The molecule has 1 aromatic carbocycles. The summed E-state index contributed by atoms with van der Waals surface area (Å²) in [4.78, 5) is 0. The number of rotatable bonds is 3. The van der Waals surface area contributed by atoms with Gasteiger partial charge >= 0.3 is 136 Å². The van der Waals surface area contributed by atoms with Crippen LogP contribution in [-0.2, 0) is 20.4 Å². The molecule has 0 saturated carbocycles. The number of benzene rings is 1. The van der Waals surface area contributed by atoms with Crippen molar-refractivity contribution in [2.45, 2.75) is 44.8 Å².